The lowest BCUT2D eigenvalue weighted by atomic mass is 10.2. The molecule has 0 aliphatic carbocycles. The molecule has 0 atom stereocenters. The first kappa shape index (κ1) is 11.6. The lowest BCUT2D eigenvalue weighted by Crippen LogP contribution is -2.10. The first-order valence-corrected chi connectivity index (χ1v) is 5.71. The lowest BCUT2D eigenvalue weighted by molar-refractivity contribution is -0.116. The third-order valence-electron chi connectivity index (χ3n) is 2.49. The summed E-state index contributed by atoms with van der Waals surface area (Å²) in [5.74, 6) is 0.780. The van der Waals surface area contributed by atoms with E-state index in [9.17, 15) is 4.79 Å². The number of nitrogens with zero attached hydrogens (tertiary/aromatic N) is 1. The number of anilines is 1. The number of carbonyl (C=O) groups is 1. The minimum absolute atomic E-state index is 0.0328. The van der Waals surface area contributed by atoms with Gasteiger partial charge in [-0.15, -0.1) is 0 Å². The quantitative estimate of drug-likeness (QED) is 0.751. The van der Waals surface area contributed by atoms with Crippen LogP contribution in [0.25, 0.3) is 11.0 Å². The number of H-pyrrole nitrogens is 1. The Morgan fingerprint density at radius 1 is 1.53 bits per heavy atom. The second kappa shape index (κ2) is 4.97. The molecule has 0 aliphatic rings. The number of carbonyl (C=O) groups excluding carboxylic acids is 1. The number of aromatic amines is 1. The molecule has 1 aromatic carbocycles. The summed E-state index contributed by atoms with van der Waals surface area (Å²) in [6, 6.07) is 5.58. The molecule has 0 saturated carbocycles. The Bertz CT molecular complexity index is 532. The highest BCUT2D eigenvalue weighted by atomic mass is 16.1. The molecule has 17 heavy (non-hydrogen) atoms. The first-order valence-electron chi connectivity index (χ1n) is 5.71. The monoisotopic (exact) mass is 232 g/mol. The van der Waals surface area contributed by atoms with E-state index in [1.165, 1.54) is 0 Å². The van der Waals surface area contributed by atoms with Crippen LogP contribution in [-0.4, -0.2) is 15.9 Å². The molecular weight excluding hydrogens is 216 g/mol. The van der Waals surface area contributed by atoms with Gasteiger partial charge in [0, 0.05) is 12.1 Å². The van der Waals surface area contributed by atoms with Crippen molar-refractivity contribution in [2.75, 3.05) is 5.32 Å². The lowest BCUT2D eigenvalue weighted by Gasteiger charge is -2.03. The Morgan fingerprint density at radius 2 is 2.35 bits per heavy atom. The molecule has 0 saturated heterocycles. The van der Waals surface area contributed by atoms with E-state index in [2.05, 4.69) is 15.3 Å². The smallest absolute Gasteiger partial charge is 0.224 e. The van der Waals surface area contributed by atoms with Crippen LogP contribution in [-0.2, 0) is 11.3 Å². The highest BCUT2D eigenvalue weighted by Gasteiger charge is 2.04. The van der Waals surface area contributed by atoms with Crippen LogP contribution < -0.4 is 11.1 Å². The fourth-order valence-electron chi connectivity index (χ4n) is 1.69. The van der Waals surface area contributed by atoms with Crippen molar-refractivity contribution in [3.63, 3.8) is 0 Å². The molecule has 5 heteroatoms. The van der Waals surface area contributed by atoms with E-state index in [-0.39, 0.29) is 5.91 Å². The van der Waals surface area contributed by atoms with Crippen LogP contribution >= 0.6 is 0 Å². The molecule has 0 unspecified atom stereocenters. The number of nitrogens with one attached hydrogen (secondary N) is 2. The van der Waals surface area contributed by atoms with Gasteiger partial charge in [0.25, 0.3) is 0 Å². The van der Waals surface area contributed by atoms with E-state index >= 15 is 0 Å². The van der Waals surface area contributed by atoms with Gasteiger partial charge in [0.15, 0.2) is 0 Å². The molecule has 1 amide bonds. The van der Waals surface area contributed by atoms with Gasteiger partial charge in [0.1, 0.15) is 5.82 Å². The van der Waals surface area contributed by atoms with Crippen LogP contribution in [0.15, 0.2) is 18.2 Å². The molecule has 0 spiro atoms. The standard InChI is InChI=1S/C12H16N4O/c1-2-3-12(17)14-8-4-5-9-10(6-8)16-11(7-13)15-9/h4-6H,2-3,7,13H2,1H3,(H,14,17)(H,15,16). The van der Waals surface area contributed by atoms with Gasteiger partial charge in [0.05, 0.1) is 17.6 Å². The number of fused-ring (bicyclic) bond motifs is 1. The number of imidazole rings is 1. The molecule has 2 rings (SSSR count). The second-order valence-corrected chi connectivity index (χ2v) is 3.92. The van der Waals surface area contributed by atoms with Gasteiger partial charge in [-0.3, -0.25) is 4.79 Å². The normalized spacial score (nSPS) is 10.7. The SMILES string of the molecule is CCCC(=O)Nc1ccc2nc(CN)[nH]c2c1. The predicted molar refractivity (Wildman–Crippen MR) is 67.5 cm³/mol. The highest BCUT2D eigenvalue weighted by molar-refractivity contribution is 5.92. The molecule has 0 fully saturated rings. The maximum absolute atomic E-state index is 11.5. The number of rotatable bonds is 4. The molecule has 90 valence electrons. The Hall–Kier alpha value is -1.88. The Balaban J connectivity index is 2.21. The van der Waals surface area contributed by atoms with Gasteiger partial charge in [-0.25, -0.2) is 4.98 Å². The molecule has 0 bridgehead atoms. The van der Waals surface area contributed by atoms with Crippen molar-refractivity contribution in [3.05, 3.63) is 24.0 Å². The summed E-state index contributed by atoms with van der Waals surface area (Å²) in [6.07, 6.45) is 1.38. The van der Waals surface area contributed by atoms with Gasteiger partial charge >= 0.3 is 0 Å². The van der Waals surface area contributed by atoms with Crippen molar-refractivity contribution in [2.24, 2.45) is 5.73 Å². The van der Waals surface area contributed by atoms with Crippen LogP contribution in [0.3, 0.4) is 0 Å². The summed E-state index contributed by atoms with van der Waals surface area (Å²) in [5, 5.41) is 2.84. The van der Waals surface area contributed by atoms with Crippen LogP contribution in [0, 0.1) is 0 Å². The third kappa shape index (κ3) is 2.62. The van der Waals surface area contributed by atoms with E-state index in [0.717, 1.165) is 29.0 Å². The molecular formula is C12H16N4O. The largest absolute Gasteiger partial charge is 0.341 e. The Labute approximate surface area is 99.4 Å². The molecule has 0 radical (unpaired) electrons. The third-order valence-corrected chi connectivity index (χ3v) is 2.49. The van der Waals surface area contributed by atoms with Crippen LogP contribution in [0.4, 0.5) is 5.69 Å². The average Bonchev–Trinajstić information content (AvgIpc) is 2.71. The molecule has 0 aliphatic heterocycles. The van der Waals surface area contributed by atoms with Gasteiger partial charge in [-0.2, -0.15) is 0 Å². The summed E-state index contributed by atoms with van der Waals surface area (Å²) in [6.45, 7) is 2.36. The zero-order chi connectivity index (χ0) is 12.3. The van der Waals surface area contributed by atoms with E-state index in [0.29, 0.717) is 13.0 Å². The van der Waals surface area contributed by atoms with Crippen molar-refractivity contribution >= 4 is 22.6 Å². The number of nitrogens with two attached hydrogens (primary N) is 1. The topological polar surface area (TPSA) is 83.8 Å². The average molecular weight is 232 g/mol. The second-order valence-electron chi connectivity index (χ2n) is 3.92. The van der Waals surface area contributed by atoms with Gasteiger partial charge in [-0.05, 0) is 24.6 Å². The zero-order valence-corrected chi connectivity index (χ0v) is 9.79. The number of hydrogen-bond acceptors (Lipinski definition) is 3. The maximum atomic E-state index is 11.5. The van der Waals surface area contributed by atoms with E-state index in [1.54, 1.807) is 0 Å². The minimum atomic E-state index is 0.0328. The van der Waals surface area contributed by atoms with Crippen molar-refractivity contribution < 1.29 is 4.79 Å². The first-order chi connectivity index (χ1) is 8.22. The van der Waals surface area contributed by atoms with Crippen molar-refractivity contribution in [2.45, 2.75) is 26.3 Å². The van der Waals surface area contributed by atoms with Crippen LogP contribution in [0.2, 0.25) is 0 Å². The predicted octanol–water partition coefficient (Wildman–Crippen LogP) is 1.76. The van der Waals surface area contributed by atoms with Crippen LogP contribution in [0.1, 0.15) is 25.6 Å². The molecule has 2 aromatic rings. The van der Waals surface area contributed by atoms with Gasteiger partial charge in [-0.1, -0.05) is 6.92 Å². The van der Waals surface area contributed by atoms with E-state index in [1.807, 2.05) is 25.1 Å². The summed E-state index contributed by atoms with van der Waals surface area (Å²) in [4.78, 5) is 18.9. The highest BCUT2D eigenvalue weighted by Crippen LogP contribution is 2.17. The summed E-state index contributed by atoms with van der Waals surface area (Å²) in [5.41, 5.74) is 8.04. The van der Waals surface area contributed by atoms with Crippen LogP contribution in [0.5, 0.6) is 0 Å². The number of hydrogen-bond donors (Lipinski definition) is 3. The van der Waals surface area contributed by atoms with Gasteiger partial charge in [0.2, 0.25) is 5.91 Å². The minimum Gasteiger partial charge on any atom is -0.341 e. The number of benzene rings is 1. The number of amides is 1. The van der Waals surface area contributed by atoms with Crippen molar-refractivity contribution in [3.8, 4) is 0 Å². The molecule has 5 nitrogen and oxygen atoms in total. The van der Waals surface area contributed by atoms with Crippen molar-refractivity contribution in [1.29, 1.82) is 0 Å². The van der Waals surface area contributed by atoms with E-state index in [4.69, 9.17) is 5.73 Å². The number of aromatic nitrogens is 2. The van der Waals surface area contributed by atoms with Crippen molar-refractivity contribution in [1.82, 2.24) is 9.97 Å². The summed E-state index contributed by atoms with van der Waals surface area (Å²) < 4.78 is 0. The van der Waals surface area contributed by atoms with E-state index < -0.39 is 0 Å². The van der Waals surface area contributed by atoms with Gasteiger partial charge < -0.3 is 16.0 Å². The zero-order valence-electron chi connectivity index (χ0n) is 9.79. The molecule has 4 N–H and O–H groups in total. The fraction of sp³-hybridized carbons (Fsp3) is 0.333. The molecule has 1 aromatic heterocycles. The summed E-state index contributed by atoms with van der Waals surface area (Å²) >= 11 is 0. The Kier molecular flexibility index (Phi) is 3.39. The summed E-state index contributed by atoms with van der Waals surface area (Å²) in [7, 11) is 0. The Morgan fingerprint density at radius 3 is 3.06 bits per heavy atom. The molecule has 1 heterocycles. The fourth-order valence-corrected chi connectivity index (χ4v) is 1.69. The maximum Gasteiger partial charge on any atom is 0.224 e.